The fourth-order valence-electron chi connectivity index (χ4n) is 1.57. The van der Waals surface area contributed by atoms with Crippen LogP contribution < -0.4 is 10.6 Å². The lowest BCUT2D eigenvalue weighted by atomic mass is 10.3. The van der Waals surface area contributed by atoms with Gasteiger partial charge in [0.1, 0.15) is 10.7 Å². The minimum atomic E-state index is -3.57. The summed E-state index contributed by atoms with van der Waals surface area (Å²) in [7, 11) is -3.57. The lowest BCUT2D eigenvalue weighted by molar-refractivity contribution is 0.0958. The van der Waals surface area contributed by atoms with Crippen LogP contribution in [0, 0.1) is 0 Å². The molecule has 0 fully saturated rings. The molecule has 0 atom stereocenters. The van der Waals surface area contributed by atoms with Crippen molar-refractivity contribution in [3.05, 3.63) is 36.3 Å². The summed E-state index contributed by atoms with van der Waals surface area (Å²) in [6, 6.07) is 4.15. The summed E-state index contributed by atoms with van der Waals surface area (Å²) in [6.07, 6.45) is 3.65. The van der Waals surface area contributed by atoms with Gasteiger partial charge in [0.25, 0.3) is 5.91 Å². The number of rotatable bonds is 4. The van der Waals surface area contributed by atoms with Gasteiger partial charge in [0, 0.05) is 23.5 Å². The van der Waals surface area contributed by atoms with Gasteiger partial charge in [-0.25, -0.2) is 13.4 Å². The zero-order chi connectivity index (χ0) is 18.0. The molecule has 0 aliphatic rings. The normalized spacial score (nSPS) is 13.7. The molecule has 0 spiro atoms. The summed E-state index contributed by atoms with van der Waals surface area (Å²) in [5.41, 5.74) is -0.242. The number of sulfone groups is 1. The summed E-state index contributed by atoms with van der Waals surface area (Å²) in [6.45, 7) is -2.70. The predicted octanol–water partition coefficient (Wildman–Crippen LogP) is 0.378. The van der Waals surface area contributed by atoms with Crippen LogP contribution in [0.4, 0.5) is 11.5 Å². The minimum absolute atomic E-state index is 0.0177. The Hall–Kier alpha value is -2.55. The third-order valence-corrected chi connectivity index (χ3v) is 3.60. The van der Waals surface area contributed by atoms with Crippen molar-refractivity contribution >= 4 is 27.2 Å². The Balaban J connectivity index is 2.41. The van der Waals surface area contributed by atoms with Gasteiger partial charge in [-0.3, -0.25) is 4.79 Å². The number of anilines is 2. The lowest BCUT2D eigenvalue weighted by Gasteiger charge is -2.11. The van der Waals surface area contributed by atoms with Crippen molar-refractivity contribution in [3.63, 3.8) is 0 Å². The Kier molecular flexibility index (Phi) is 3.10. The number of carbonyl (C=O) groups is 1. The van der Waals surface area contributed by atoms with E-state index in [-0.39, 0.29) is 22.1 Å². The van der Waals surface area contributed by atoms with E-state index in [0.717, 1.165) is 6.26 Å². The number of hydrogen-bond acceptors (Lipinski definition) is 7. The standard InChI is InChI=1S/C12H13N5O3S/c1-13-12(18)10-8(5-7-15-17-10)16-11-9(21(2,19)20)4-3-6-14-11/h3-7H,1-2H3,(H,13,18)(H,14,15,16)/i1D3. The highest BCUT2D eigenvalue weighted by molar-refractivity contribution is 7.90. The number of nitrogens with zero attached hydrogens (tertiary/aromatic N) is 3. The first kappa shape index (κ1) is 11.1. The monoisotopic (exact) mass is 310 g/mol. The van der Waals surface area contributed by atoms with E-state index >= 15 is 0 Å². The largest absolute Gasteiger partial charge is 0.354 e. The van der Waals surface area contributed by atoms with Crippen LogP contribution in [0.15, 0.2) is 35.5 Å². The third kappa shape index (κ3) is 3.31. The molecule has 2 heterocycles. The average molecular weight is 310 g/mol. The van der Waals surface area contributed by atoms with Crippen LogP contribution in [0.2, 0.25) is 0 Å². The molecule has 8 nitrogen and oxygen atoms in total. The first-order valence-electron chi connectivity index (χ1n) is 7.14. The molecule has 110 valence electrons. The molecule has 0 saturated heterocycles. The number of carbonyl (C=O) groups excluding carboxylic acids is 1. The first-order chi connectivity index (χ1) is 11.1. The van der Waals surface area contributed by atoms with E-state index < -0.39 is 22.7 Å². The second-order valence-electron chi connectivity index (χ2n) is 3.99. The molecular formula is C12H13N5O3S. The Morgan fingerprint density at radius 2 is 2.14 bits per heavy atom. The van der Waals surface area contributed by atoms with Crippen LogP contribution in [-0.4, -0.2) is 42.7 Å². The van der Waals surface area contributed by atoms with Gasteiger partial charge in [-0.15, -0.1) is 5.10 Å². The van der Waals surface area contributed by atoms with E-state index in [1.807, 2.05) is 0 Å². The molecule has 0 aromatic carbocycles. The van der Waals surface area contributed by atoms with Crippen molar-refractivity contribution < 1.29 is 17.3 Å². The van der Waals surface area contributed by atoms with Gasteiger partial charge in [-0.05, 0) is 18.2 Å². The van der Waals surface area contributed by atoms with Crippen LogP contribution in [-0.2, 0) is 9.84 Å². The predicted molar refractivity (Wildman–Crippen MR) is 76.1 cm³/mol. The second-order valence-corrected chi connectivity index (χ2v) is 5.98. The van der Waals surface area contributed by atoms with Crippen molar-refractivity contribution in [1.29, 1.82) is 0 Å². The molecule has 1 amide bonds. The molecule has 0 saturated carbocycles. The molecule has 2 aromatic heterocycles. The SMILES string of the molecule is [2H]C([2H])([2H])NC(=O)c1nnccc1Nc1ncccc1S(C)(=O)=O. The Morgan fingerprint density at radius 3 is 2.86 bits per heavy atom. The van der Waals surface area contributed by atoms with Crippen molar-refractivity contribution in [2.75, 3.05) is 18.5 Å². The van der Waals surface area contributed by atoms with Crippen molar-refractivity contribution in [1.82, 2.24) is 20.5 Å². The number of aromatic nitrogens is 3. The lowest BCUT2D eigenvalue weighted by Crippen LogP contribution is -2.21. The highest BCUT2D eigenvalue weighted by Gasteiger charge is 2.17. The molecule has 2 aromatic rings. The molecule has 0 aliphatic carbocycles. The number of amides is 1. The van der Waals surface area contributed by atoms with Crippen LogP contribution in [0.25, 0.3) is 0 Å². The van der Waals surface area contributed by atoms with Crippen molar-refractivity contribution in [2.24, 2.45) is 0 Å². The summed E-state index contributed by atoms with van der Waals surface area (Å²) in [4.78, 5) is 15.9. The van der Waals surface area contributed by atoms with Gasteiger partial charge in [-0.1, -0.05) is 0 Å². The topological polar surface area (TPSA) is 114 Å². The van der Waals surface area contributed by atoms with Crippen LogP contribution >= 0.6 is 0 Å². The zero-order valence-corrected chi connectivity index (χ0v) is 11.7. The smallest absolute Gasteiger partial charge is 0.273 e. The summed E-state index contributed by atoms with van der Waals surface area (Å²) in [5.74, 6) is -1.00. The number of nitrogens with one attached hydrogen (secondary N) is 2. The van der Waals surface area contributed by atoms with Gasteiger partial charge < -0.3 is 10.6 Å². The Labute approximate surface area is 125 Å². The van der Waals surface area contributed by atoms with Gasteiger partial charge >= 0.3 is 0 Å². The fraction of sp³-hybridized carbons (Fsp3) is 0.167. The number of pyridine rings is 1. The average Bonchev–Trinajstić information content (AvgIpc) is 2.45. The van der Waals surface area contributed by atoms with E-state index in [0.29, 0.717) is 0 Å². The van der Waals surface area contributed by atoms with E-state index in [1.54, 1.807) is 5.32 Å². The molecule has 0 bridgehead atoms. The van der Waals surface area contributed by atoms with Crippen molar-refractivity contribution in [2.45, 2.75) is 4.90 Å². The van der Waals surface area contributed by atoms with Crippen LogP contribution in [0.5, 0.6) is 0 Å². The maximum atomic E-state index is 12.0. The molecule has 0 aliphatic heterocycles. The van der Waals surface area contributed by atoms with Crippen molar-refractivity contribution in [3.8, 4) is 0 Å². The minimum Gasteiger partial charge on any atom is -0.354 e. The van der Waals surface area contributed by atoms with E-state index in [1.165, 1.54) is 30.6 Å². The second kappa shape index (κ2) is 5.83. The first-order valence-corrected chi connectivity index (χ1v) is 7.53. The molecule has 0 radical (unpaired) electrons. The highest BCUT2D eigenvalue weighted by Crippen LogP contribution is 2.23. The van der Waals surface area contributed by atoms with E-state index in [2.05, 4.69) is 20.5 Å². The van der Waals surface area contributed by atoms with Crippen LogP contribution in [0.1, 0.15) is 14.6 Å². The quantitative estimate of drug-likeness (QED) is 0.839. The van der Waals surface area contributed by atoms with Gasteiger partial charge in [0.05, 0.1) is 11.9 Å². The van der Waals surface area contributed by atoms with Gasteiger partial charge in [0.15, 0.2) is 15.5 Å². The molecule has 2 N–H and O–H groups in total. The Bertz CT molecular complexity index is 870. The van der Waals surface area contributed by atoms with Crippen LogP contribution in [0.3, 0.4) is 0 Å². The zero-order valence-electron chi connectivity index (χ0n) is 13.9. The highest BCUT2D eigenvalue weighted by atomic mass is 32.2. The molecular weight excluding hydrogens is 294 g/mol. The summed E-state index contributed by atoms with van der Waals surface area (Å²) >= 11 is 0. The summed E-state index contributed by atoms with van der Waals surface area (Å²) < 4.78 is 44.8. The van der Waals surface area contributed by atoms with E-state index in [9.17, 15) is 13.2 Å². The molecule has 0 unspecified atom stereocenters. The molecule has 21 heavy (non-hydrogen) atoms. The molecule has 2 rings (SSSR count). The third-order valence-electron chi connectivity index (χ3n) is 2.47. The van der Waals surface area contributed by atoms with E-state index in [4.69, 9.17) is 4.11 Å². The molecule has 9 heteroatoms. The van der Waals surface area contributed by atoms with Gasteiger partial charge in [0.2, 0.25) is 0 Å². The maximum Gasteiger partial charge on any atom is 0.273 e. The number of hydrogen-bond donors (Lipinski definition) is 2. The van der Waals surface area contributed by atoms with Gasteiger partial charge in [-0.2, -0.15) is 5.10 Å². The summed E-state index contributed by atoms with van der Waals surface area (Å²) in [5, 5.41) is 11.6. The Morgan fingerprint density at radius 1 is 1.33 bits per heavy atom. The maximum absolute atomic E-state index is 12.0. The fourth-order valence-corrected chi connectivity index (χ4v) is 2.35.